The predicted octanol–water partition coefficient (Wildman–Crippen LogP) is 2.40. The van der Waals surface area contributed by atoms with Gasteiger partial charge in [-0.15, -0.1) is 0 Å². The van der Waals surface area contributed by atoms with Crippen molar-refractivity contribution in [2.75, 3.05) is 5.73 Å². The molecule has 1 aromatic carbocycles. The maximum absolute atomic E-state index is 11.8. The number of carbonyl (C=O) groups is 3. The van der Waals surface area contributed by atoms with Crippen LogP contribution in [0, 0.1) is 5.92 Å². The minimum atomic E-state index is -1.39. The highest BCUT2D eigenvalue weighted by Gasteiger charge is 2.47. The Morgan fingerprint density at radius 2 is 1.58 bits per heavy atom. The Morgan fingerprint density at radius 1 is 1.08 bits per heavy atom. The Morgan fingerprint density at radius 3 is 2.00 bits per heavy atom. The minimum Gasteiger partial charge on any atom is -0.480 e. The van der Waals surface area contributed by atoms with Crippen LogP contribution in [0.25, 0.3) is 0 Å². The number of anilines is 1. The number of allylic oxidation sites excluding steroid dienone is 2. The number of carbonyl (C=O) groups excluding carboxylic acids is 1. The summed E-state index contributed by atoms with van der Waals surface area (Å²) < 4.78 is 0. The van der Waals surface area contributed by atoms with E-state index in [4.69, 9.17) is 5.73 Å². The average molecular weight is 331 g/mol. The average Bonchev–Trinajstić information content (AvgIpc) is 2.47. The molecule has 0 aliphatic heterocycles. The van der Waals surface area contributed by atoms with Crippen LogP contribution in [0.2, 0.25) is 0 Å². The highest BCUT2D eigenvalue weighted by molar-refractivity contribution is 5.93. The molecule has 0 bridgehead atoms. The highest BCUT2D eigenvalue weighted by Crippen LogP contribution is 2.41. The molecule has 4 N–H and O–H groups in total. The Hall–Kier alpha value is -2.89. The molecule has 0 heterocycles. The summed E-state index contributed by atoms with van der Waals surface area (Å²) in [5, 5.41) is 18.9. The van der Waals surface area contributed by atoms with E-state index in [1.165, 1.54) is 32.1 Å². The Kier molecular flexibility index (Phi) is 6.06. The normalized spacial score (nSPS) is 22.0. The molecule has 24 heavy (non-hydrogen) atoms. The SMILES string of the molecule is CC(C)=O.CC1C(C(=O)O)=CC=CC1(C(=O)O)c1ccc(N)cc1. The summed E-state index contributed by atoms with van der Waals surface area (Å²) in [6.07, 6.45) is 4.44. The first-order valence-corrected chi connectivity index (χ1v) is 7.32. The van der Waals surface area contributed by atoms with E-state index in [2.05, 4.69) is 0 Å². The van der Waals surface area contributed by atoms with Gasteiger partial charge in [0.05, 0.1) is 0 Å². The van der Waals surface area contributed by atoms with Crippen LogP contribution in [-0.4, -0.2) is 27.9 Å². The molecule has 0 fully saturated rings. The Bertz CT molecular complexity index is 699. The Balaban J connectivity index is 0.000000648. The second kappa shape index (κ2) is 7.59. The van der Waals surface area contributed by atoms with Crippen molar-refractivity contribution >= 4 is 23.4 Å². The van der Waals surface area contributed by atoms with Crippen molar-refractivity contribution in [1.82, 2.24) is 0 Å². The van der Waals surface area contributed by atoms with Crippen LogP contribution in [-0.2, 0) is 19.8 Å². The van der Waals surface area contributed by atoms with E-state index < -0.39 is 23.3 Å². The number of nitrogens with two attached hydrogens (primary N) is 1. The van der Waals surface area contributed by atoms with Crippen molar-refractivity contribution in [3.63, 3.8) is 0 Å². The van der Waals surface area contributed by atoms with Crippen LogP contribution in [0.5, 0.6) is 0 Å². The van der Waals surface area contributed by atoms with Crippen molar-refractivity contribution in [3.8, 4) is 0 Å². The van der Waals surface area contributed by atoms with Gasteiger partial charge >= 0.3 is 11.9 Å². The van der Waals surface area contributed by atoms with Crippen LogP contribution in [0.3, 0.4) is 0 Å². The number of Topliss-reactive ketones (excluding diaryl/α,β-unsaturated/α-hetero) is 1. The Labute approximate surface area is 140 Å². The molecule has 1 aliphatic rings. The minimum absolute atomic E-state index is 0.0757. The van der Waals surface area contributed by atoms with Crippen LogP contribution in [0.4, 0.5) is 5.69 Å². The summed E-state index contributed by atoms with van der Waals surface area (Å²) in [6.45, 7) is 4.66. The maximum Gasteiger partial charge on any atom is 0.331 e. The molecular weight excluding hydrogens is 310 g/mol. The van der Waals surface area contributed by atoms with Gasteiger partial charge in [0.1, 0.15) is 11.2 Å². The third-order valence-electron chi connectivity index (χ3n) is 3.77. The van der Waals surface area contributed by atoms with Gasteiger partial charge in [-0.3, -0.25) is 4.79 Å². The summed E-state index contributed by atoms with van der Waals surface area (Å²) in [5.74, 6) is -2.72. The molecule has 6 heteroatoms. The van der Waals surface area contributed by atoms with E-state index in [0.29, 0.717) is 11.3 Å². The fraction of sp³-hybridized carbons (Fsp3) is 0.278. The molecule has 0 saturated heterocycles. The van der Waals surface area contributed by atoms with Gasteiger partial charge in [0.25, 0.3) is 0 Å². The van der Waals surface area contributed by atoms with E-state index in [1.807, 2.05) is 0 Å². The van der Waals surface area contributed by atoms with Gasteiger partial charge in [0.15, 0.2) is 0 Å². The molecule has 128 valence electrons. The van der Waals surface area contributed by atoms with Gasteiger partial charge in [-0.25, -0.2) is 4.79 Å². The maximum atomic E-state index is 11.8. The third-order valence-corrected chi connectivity index (χ3v) is 3.77. The lowest BCUT2D eigenvalue weighted by Crippen LogP contribution is -2.43. The molecule has 1 aromatic rings. The lowest BCUT2D eigenvalue weighted by molar-refractivity contribution is -0.143. The van der Waals surface area contributed by atoms with Crippen molar-refractivity contribution < 1.29 is 24.6 Å². The lowest BCUT2D eigenvalue weighted by atomic mass is 9.66. The molecular formula is C18H21NO5. The zero-order valence-electron chi connectivity index (χ0n) is 13.8. The first-order chi connectivity index (χ1) is 11.1. The summed E-state index contributed by atoms with van der Waals surface area (Å²) in [6, 6.07) is 6.46. The molecule has 2 unspecified atom stereocenters. The number of hydrogen-bond acceptors (Lipinski definition) is 4. The summed E-state index contributed by atoms with van der Waals surface area (Å²) in [5.41, 5.74) is 5.33. The van der Waals surface area contributed by atoms with Crippen LogP contribution in [0.15, 0.2) is 48.1 Å². The van der Waals surface area contributed by atoms with Gasteiger partial charge in [-0.05, 0) is 31.5 Å². The summed E-state index contributed by atoms with van der Waals surface area (Å²) >= 11 is 0. The largest absolute Gasteiger partial charge is 0.480 e. The molecule has 6 nitrogen and oxygen atoms in total. The van der Waals surface area contributed by atoms with Crippen LogP contribution in [0.1, 0.15) is 26.3 Å². The number of benzene rings is 1. The van der Waals surface area contributed by atoms with Gasteiger partial charge in [0.2, 0.25) is 0 Å². The van der Waals surface area contributed by atoms with Crippen LogP contribution >= 0.6 is 0 Å². The van der Waals surface area contributed by atoms with Crippen LogP contribution < -0.4 is 5.73 Å². The van der Waals surface area contributed by atoms with Crippen molar-refractivity contribution in [1.29, 1.82) is 0 Å². The number of nitrogen functional groups attached to an aromatic ring is 1. The summed E-state index contributed by atoms with van der Waals surface area (Å²) in [7, 11) is 0. The van der Waals surface area contributed by atoms with Gasteiger partial charge in [-0.2, -0.15) is 0 Å². The number of aliphatic carboxylic acids is 2. The fourth-order valence-corrected chi connectivity index (χ4v) is 2.58. The molecule has 1 aliphatic carbocycles. The van der Waals surface area contributed by atoms with E-state index in [-0.39, 0.29) is 11.4 Å². The van der Waals surface area contributed by atoms with E-state index in [9.17, 15) is 24.6 Å². The predicted molar refractivity (Wildman–Crippen MR) is 90.5 cm³/mol. The molecule has 0 amide bonds. The quantitative estimate of drug-likeness (QED) is 0.732. The smallest absolute Gasteiger partial charge is 0.331 e. The van der Waals surface area contributed by atoms with Crippen molar-refractivity contribution in [2.24, 2.45) is 5.92 Å². The van der Waals surface area contributed by atoms with Gasteiger partial charge < -0.3 is 20.7 Å². The van der Waals surface area contributed by atoms with E-state index in [1.54, 1.807) is 31.2 Å². The van der Waals surface area contributed by atoms with Crippen molar-refractivity contribution in [3.05, 3.63) is 53.6 Å². The molecule has 0 aromatic heterocycles. The summed E-state index contributed by atoms with van der Waals surface area (Å²) in [4.78, 5) is 32.5. The standard InChI is InChI=1S/C15H15NO4.C3H6O/c1-9-12(13(17)18)3-2-8-15(9,14(19)20)10-4-6-11(16)7-5-10;1-3(2)4/h2-9H,16H2,1H3,(H,17,18)(H,19,20);1-2H3. The zero-order valence-corrected chi connectivity index (χ0v) is 13.8. The monoisotopic (exact) mass is 331 g/mol. The lowest BCUT2D eigenvalue weighted by Gasteiger charge is -2.35. The van der Waals surface area contributed by atoms with Gasteiger partial charge in [0, 0.05) is 17.2 Å². The number of carboxylic acid groups (broad SMARTS) is 2. The first-order valence-electron chi connectivity index (χ1n) is 7.32. The number of hydrogen-bond donors (Lipinski definition) is 3. The fourth-order valence-electron chi connectivity index (χ4n) is 2.58. The highest BCUT2D eigenvalue weighted by atomic mass is 16.4. The molecule has 2 atom stereocenters. The molecule has 0 spiro atoms. The number of rotatable bonds is 3. The molecule has 0 saturated carbocycles. The zero-order chi connectivity index (χ0) is 18.5. The first kappa shape index (κ1) is 19.2. The number of carboxylic acids is 2. The second-order valence-electron chi connectivity index (χ2n) is 5.71. The van der Waals surface area contributed by atoms with E-state index in [0.717, 1.165) is 0 Å². The molecule has 0 radical (unpaired) electrons. The van der Waals surface area contributed by atoms with Gasteiger partial charge in [-0.1, -0.05) is 37.3 Å². The topological polar surface area (TPSA) is 118 Å². The van der Waals surface area contributed by atoms with Crippen molar-refractivity contribution in [2.45, 2.75) is 26.2 Å². The third kappa shape index (κ3) is 3.90. The van der Waals surface area contributed by atoms with E-state index >= 15 is 0 Å². The second-order valence-corrected chi connectivity index (χ2v) is 5.71. The number of ketones is 1. The molecule has 2 rings (SSSR count).